The van der Waals surface area contributed by atoms with Gasteiger partial charge in [-0.05, 0) is 31.9 Å². The van der Waals surface area contributed by atoms with E-state index in [9.17, 15) is 4.79 Å². The van der Waals surface area contributed by atoms with Gasteiger partial charge in [0.15, 0.2) is 0 Å². The van der Waals surface area contributed by atoms with Crippen molar-refractivity contribution in [2.75, 3.05) is 13.2 Å². The topological polar surface area (TPSA) is 61.5 Å². The van der Waals surface area contributed by atoms with Gasteiger partial charge in [0.05, 0.1) is 5.41 Å². The lowest BCUT2D eigenvalue weighted by Gasteiger charge is -2.36. The number of carbonyl (C=O) groups excluding carboxylic acids is 1. The van der Waals surface area contributed by atoms with Crippen LogP contribution in [0.5, 0.6) is 5.75 Å². The zero-order chi connectivity index (χ0) is 14.4. The minimum atomic E-state index is -0.537. The van der Waals surface area contributed by atoms with Crippen molar-refractivity contribution in [2.45, 2.75) is 38.6 Å². The summed E-state index contributed by atoms with van der Waals surface area (Å²) in [5, 5.41) is 0. The SMILES string of the molecule is CC1(C(=O)OCCOc2ccccc2)CCCCC1N. The minimum Gasteiger partial charge on any atom is -0.490 e. The number of benzene rings is 1. The molecule has 1 saturated carbocycles. The number of ether oxygens (including phenoxy) is 2. The maximum Gasteiger partial charge on any atom is 0.313 e. The first-order valence-corrected chi connectivity index (χ1v) is 7.23. The molecule has 2 atom stereocenters. The van der Waals surface area contributed by atoms with Crippen LogP contribution in [0.25, 0.3) is 0 Å². The second kappa shape index (κ2) is 6.75. The van der Waals surface area contributed by atoms with Crippen LogP contribution in [0.2, 0.25) is 0 Å². The molecule has 2 N–H and O–H groups in total. The Morgan fingerprint density at radius 2 is 2.05 bits per heavy atom. The maximum atomic E-state index is 12.2. The molecule has 2 rings (SSSR count). The lowest BCUT2D eigenvalue weighted by molar-refractivity contribution is -0.158. The molecule has 110 valence electrons. The van der Waals surface area contributed by atoms with Crippen LogP contribution in [0.1, 0.15) is 32.6 Å². The molecule has 1 fully saturated rings. The quantitative estimate of drug-likeness (QED) is 0.663. The molecule has 1 aromatic rings. The summed E-state index contributed by atoms with van der Waals surface area (Å²) in [6.07, 6.45) is 3.85. The van der Waals surface area contributed by atoms with Gasteiger partial charge in [-0.1, -0.05) is 31.0 Å². The number of carbonyl (C=O) groups is 1. The monoisotopic (exact) mass is 277 g/mol. The summed E-state index contributed by atoms with van der Waals surface area (Å²) >= 11 is 0. The number of para-hydroxylation sites is 1. The van der Waals surface area contributed by atoms with Crippen molar-refractivity contribution in [3.8, 4) is 5.75 Å². The van der Waals surface area contributed by atoms with Crippen LogP contribution in [-0.2, 0) is 9.53 Å². The van der Waals surface area contributed by atoms with Crippen LogP contribution >= 0.6 is 0 Å². The lowest BCUT2D eigenvalue weighted by Crippen LogP contribution is -2.48. The second-order valence-corrected chi connectivity index (χ2v) is 5.57. The molecule has 4 nitrogen and oxygen atoms in total. The summed E-state index contributed by atoms with van der Waals surface area (Å²) in [5.41, 5.74) is 5.54. The Balaban J connectivity index is 1.75. The van der Waals surface area contributed by atoms with Crippen molar-refractivity contribution in [1.29, 1.82) is 0 Å². The molecule has 4 heteroatoms. The van der Waals surface area contributed by atoms with Crippen LogP contribution in [-0.4, -0.2) is 25.2 Å². The van der Waals surface area contributed by atoms with E-state index in [0.717, 1.165) is 31.4 Å². The predicted octanol–water partition coefficient (Wildman–Crippen LogP) is 2.52. The standard InChI is InChI=1S/C16H23NO3/c1-16(10-6-5-9-14(16)17)15(18)20-12-11-19-13-7-3-2-4-8-13/h2-4,7-8,14H,5-6,9-12,17H2,1H3. The summed E-state index contributed by atoms with van der Waals surface area (Å²) in [7, 11) is 0. The maximum absolute atomic E-state index is 12.2. The third-order valence-corrected chi connectivity index (χ3v) is 4.07. The number of hydrogen-bond donors (Lipinski definition) is 1. The smallest absolute Gasteiger partial charge is 0.313 e. The Kier molecular flexibility index (Phi) is 5.01. The molecule has 0 saturated heterocycles. The van der Waals surface area contributed by atoms with Gasteiger partial charge in [0.25, 0.3) is 0 Å². The summed E-state index contributed by atoms with van der Waals surface area (Å²) < 4.78 is 10.8. The van der Waals surface area contributed by atoms with Crippen LogP contribution in [0.3, 0.4) is 0 Å². The summed E-state index contributed by atoms with van der Waals surface area (Å²) in [6.45, 7) is 2.54. The molecule has 0 aromatic heterocycles. The predicted molar refractivity (Wildman–Crippen MR) is 77.4 cm³/mol. The highest BCUT2D eigenvalue weighted by molar-refractivity contribution is 5.77. The van der Waals surface area contributed by atoms with Gasteiger partial charge in [0.2, 0.25) is 0 Å². The van der Waals surface area contributed by atoms with E-state index in [2.05, 4.69) is 0 Å². The van der Waals surface area contributed by atoms with E-state index in [-0.39, 0.29) is 18.6 Å². The Labute approximate surface area is 120 Å². The molecular weight excluding hydrogens is 254 g/mol. The highest BCUT2D eigenvalue weighted by Gasteiger charge is 2.42. The fourth-order valence-corrected chi connectivity index (χ4v) is 2.59. The van der Waals surface area contributed by atoms with Crippen molar-refractivity contribution < 1.29 is 14.3 Å². The molecule has 0 amide bonds. The molecule has 1 aromatic carbocycles. The molecule has 0 aliphatic heterocycles. The second-order valence-electron chi connectivity index (χ2n) is 5.57. The highest BCUT2D eigenvalue weighted by atomic mass is 16.6. The van der Waals surface area contributed by atoms with Crippen LogP contribution in [0, 0.1) is 5.41 Å². The normalized spacial score (nSPS) is 26.0. The summed E-state index contributed by atoms with van der Waals surface area (Å²) in [6, 6.07) is 9.39. The summed E-state index contributed by atoms with van der Waals surface area (Å²) in [4.78, 5) is 12.2. The molecule has 0 bridgehead atoms. The summed E-state index contributed by atoms with van der Waals surface area (Å²) in [5.74, 6) is 0.588. The fourth-order valence-electron chi connectivity index (χ4n) is 2.59. The van der Waals surface area contributed by atoms with Crippen LogP contribution in [0.4, 0.5) is 0 Å². The van der Waals surface area contributed by atoms with E-state index in [0.29, 0.717) is 6.61 Å². The van der Waals surface area contributed by atoms with Crippen molar-refractivity contribution in [3.63, 3.8) is 0 Å². The Morgan fingerprint density at radius 1 is 1.30 bits per heavy atom. The highest BCUT2D eigenvalue weighted by Crippen LogP contribution is 2.36. The van der Waals surface area contributed by atoms with E-state index in [1.807, 2.05) is 37.3 Å². The molecule has 1 aliphatic rings. The van der Waals surface area contributed by atoms with E-state index in [1.165, 1.54) is 0 Å². The average Bonchev–Trinajstić information content (AvgIpc) is 2.47. The van der Waals surface area contributed by atoms with E-state index in [4.69, 9.17) is 15.2 Å². The van der Waals surface area contributed by atoms with Gasteiger partial charge in [-0.15, -0.1) is 0 Å². The molecule has 0 radical (unpaired) electrons. The molecule has 20 heavy (non-hydrogen) atoms. The van der Waals surface area contributed by atoms with Gasteiger partial charge in [-0.3, -0.25) is 4.79 Å². The van der Waals surface area contributed by atoms with Crippen LogP contribution in [0.15, 0.2) is 30.3 Å². The van der Waals surface area contributed by atoms with Gasteiger partial charge in [-0.25, -0.2) is 0 Å². The molecule has 0 heterocycles. The largest absolute Gasteiger partial charge is 0.490 e. The first-order chi connectivity index (χ1) is 9.63. The van der Waals surface area contributed by atoms with Gasteiger partial charge in [0.1, 0.15) is 19.0 Å². The van der Waals surface area contributed by atoms with Crippen LogP contribution < -0.4 is 10.5 Å². The zero-order valence-corrected chi connectivity index (χ0v) is 12.0. The average molecular weight is 277 g/mol. The third kappa shape index (κ3) is 3.51. The minimum absolute atomic E-state index is 0.0983. The Bertz CT molecular complexity index is 435. The van der Waals surface area contributed by atoms with Crippen molar-refractivity contribution in [2.24, 2.45) is 11.1 Å². The first kappa shape index (κ1) is 14.9. The first-order valence-electron chi connectivity index (χ1n) is 7.23. The van der Waals surface area contributed by atoms with Crippen molar-refractivity contribution >= 4 is 5.97 Å². The molecule has 2 unspecified atom stereocenters. The van der Waals surface area contributed by atoms with Gasteiger partial charge in [0, 0.05) is 6.04 Å². The van der Waals surface area contributed by atoms with E-state index >= 15 is 0 Å². The van der Waals surface area contributed by atoms with Gasteiger partial charge >= 0.3 is 5.97 Å². The third-order valence-electron chi connectivity index (χ3n) is 4.07. The number of hydrogen-bond acceptors (Lipinski definition) is 4. The zero-order valence-electron chi connectivity index (χ0n) is 12.0. The molecule has 1 aliphatic carbocycles. The molecular formula is C16H23NO3. The van der Waals surface area contributed by atoms with Crippen molar-refractivity contribution in [3.05, 3.63) is 30.3 Å². The fraction of sp³-hybridized carbons (Fsp3) is 0.562. The number of rotatable bonds is 5. The Hall–Kier alpha value is -1.55. The number of nitrogens with two attached hydrogens (primary N) is 1. The number of esters is 1. The Morgan fingerprint density at radius 3 is 2.75 bits per heavy atom. The van der Waals surface area contributed by atoms with E-state index < -0.39 is 5.41 Å². The van der Waals surface area contributed by atoms with Crippen molar-refractivity contribution in [1.82, 2.24) is 0 Å². The lowest BCUT2D eigenvalue weighted by atomic mass is 9.72. The van der Waals surface area contributed by atoms with Gasteiger partial charge < -0.3 is 15.2 Å². The van der Waals surface area contributed by atoms with E-state index in [1.54, 1.807) is 0 Å². The molecule has 0 spiro atoms. The van der Waals surface area contributed by atoms with Gasteiger partial charge in [-0.2, -0.15) is 0 Å².